The molecule has 1 aromatic rings. The number of carbonyl (C=O) groups is 1. The van der Waals surface area contributed by atoms with Gasteiger partial charge < -0.3 is 16.3 Å². The van der Waals surface area contributed by atoms with E-state index in [-0.39, 0.29) is 11.6 Å². The lowest BCUT2D eigenvalue weighted by molar-refractivity contribution is -0.137. The van der Waals surface area contributed by atoms with E-state index in [1.165, 1.54) is 6.07 Å². The van der Waals surface area contributed by atoms with Crippen molar-refractivity contribution in [2.75, 3.05) is 5.32 Å². The number of halogens is 3. The summed E-state index contributed by atoms with van der Waals surface area (Å²) in [4.78, 5) is 11.5. The Labute approximate surface area is 113 Å². The first-order valence-corrected chi connectivity index (χ1v) is 5.66. The zero-order valence-electron chi connectivity index (χ0n) is 10.8. The Hall–Kier alpha value is -2.25. The number of alkyl halides is 3. The van der Waals surface area contributed by atoms with Crippen molar-refractivity contribution in [3.8, 4) is 0 Å². The number of rotatable bonds is 3. The van der Waals surface area contributed by atoms with Crippen LogP contribution in [0.15, 0.2) is 23.4 Å². The minimum absolute atomic E-state index is 0.00878. The molecule has 0 spiro atoms. The zero-order chi connectivity index (χ0) is 15.5. The highest BCUT2D eigenvalue weighted by molar-refractivity contribution is 5.99. The van der Waals surface area contributed by atoms with E-state index in [9.17, 15) is 18.0 Å². The lowest BCUT2D eigenvalue weighted by atomic mass is 10.0. The Balaban J connectivity index is 3.25. The van der Waals surface area contributed by atoms with Gasteiger partial charge in [-0.15, -0.1) is 0 Å². The van der Waals surface area contributed by atoms with Gasteiger partial charge in [0.15, 0.2) is 5.84 Å². The van der Waals surface area contributed by atoms with Gasteiger partial charge in [0.05, 0.1) is 5.56 Å². The summed E-state index contributed by atoms with van der Waals surface area (Å²) in [5.41, 5.74) is 3.65. The highest BCUT2D eigenvalue weighted by Crippen LogP contribution is 2.33. The zero-order valence-corrected chi connectivity index (χ0v) is 10.8. The maximum absolute atomic E-state index is 12.9. The molecule has 1 aromatic carbocycles. The molecule has 0 aliphatic heterocycles. The van der Waals surface area contributed by atoms with Gasteiger partial charge in [-0.25, -0.2) is 0 Å². The Morgan fingerprint density at radius 1 is 1.40 bits per heavy atom. The van der Waals surface area contributed by atoms with Crippen molar-refractivity contribution in [1.29, 1.82) is 0 Å². The van der Waals surface area contributed by atoms with E-state index in [2.05, 4.69) is 10.5 Å². The molecule has 0 aliphatic carbocycles. The Morgan fingerprint density at radius 3 is 2.45 bits per heavy atom. The molecule has 8 heteroatoms. The van der Waals surface area contributed by atoms with Crippen molar-refractivity contribution in [2.45, 2.75) is 20.0 Å². The minimum atomic E-state index is -4.69. The molecule has 0 atom stereocenters. The summed E-state index contributed by atoms with van der Waals surface area (Å²) in [5.74, 6) is -1.43. The maximum Gasteiger partial charge on any atom is 0.417 e. The van der Waals surface area contributed by atoms with Crippen molar-refractivity contribution >= 4 is 17.4 Å². The highest BCUT2D eigenvalue weighted by Gasteiger charge is 2.34. The van der Waals surface area contributed by atoms with Crippen LogP contribution in [0.1, 0.15) is 25.0 Å². The number of anilines is 1. The lowest BCUT2D eigenvalue weighted by Crippen LogP contribution is -2.22. The summed E-state index contributed by atoms with van der Waals surface area (Å²) in [5, 5.41) is 13.4. The number of hydrogen-bond acceptors (Lipinski definition) is 3. The van der Waals surface area contributed by atoms with Crippen LogP contribution in [0.25, 0.3) is 0 Å². The van der Waals surface area contributed by atoms with Crippen LogP contribution in [-0.4, -0.2) is 17.0 Å². The number of amidine groups is 1. The number of carbonyl (C=O) groups excluding carboxylic acids is 1. The molecule has 110 valence electrons. The van der Waals surface area contributed by atoms with Crippen molar-refractivity contribution in [3.05, 3.63) is 29.3 Å². The summed E-state index contributed by atoms with van der Waals surface area (Å²) in [6, 6.07) is 3.03. The molecule has 0 radical (unpaired) electrons. The molecule has 0 saturated carbocycles. The van der Waals surface area contributed by atoms with E-state index < -0.39 is 29.0 Å². The average Bonchev–Trinajstić information content (AvgIpc) is 2.36. The molecule has 0 heterocycles. The van der Waals surface area contributed by atoms with Crippen molar-refractivity contribution in [2.24, 2.45) is 16.8 Å². The van der Waals surface area contributed by atoms with E-state index in [1.807, 2.05) is 0 Å². The van der Waals surface area contributed by atoms with E-state index in [1.54, 1.807) is 13.8 Å². The third kappa shape index (κ3) is 3.62. The van der Waals surface area contributed by atoms with E-state index >= 15 is 0 Å². The highest BCUT2D eigenvalue weighted by atomic mass is 19.4. The molecule has 20 heavy (non-hydrogen) atoms. The summed E-state index contributed by atoms with van der Waals surface area (Å²) in [7, 11) is 0. The predicted molar refractivity (Wildman–Crippen MR) is 67.4 cm³/mol. The number of benzene rings is 1. The normalized spacial score (nSPS) is 12.6. The average molecular weight is 289 g/mol. The third-order valence-electron chi connectivity index (χ3n) is 2.50. The summed E-state index contributed by atoms with van der Waals surface area (Å²) < 4.78 is 38.7. The number of nitrogens with zero attached hydrogens (tertiary/aromatic N) is 1. The van der Waals surface area contributed by atoms with Gasteiger partial charge in [-0.3, -0.25) is 4.79 Å². The van der Waals surface area contributed by atoms with Crippen LogP contribution in [0.5, 0.6) is 0 Å². The molecule has 0 aromatic heterocycles. The van der Waals surface area contributed by atoms with Crippen LogP contribution in [0, 0.1) is 5.92 Å². The van der Waals surface area contributed by atoms with Gasteiger partial charge in [-0.1, -0.05) is 19.0 Å². The Morgan fingerprint density at radius 2 is 2.00 bits per heavy atom. The van der Waals surface area contributed by atoms with E-state index in [4.69, 9.17) is 10.9 Å². The quantitative estimate of drug-likeness (QED) is 0.345. The topological polar surface area (TPSA) is 87.7 Å². The molecular weight excluding hydrogens is 275 g/mol. The second kappa shape index (κ2) is 5.81. The van der Waals surface area contributed by atoms with E-state index in [0.29, 0.717) is 0 Å². The summed E-state index contributed by atoms with van der Waals surface area (Å²) in [6.07, 6.45) is -4.69. The monoisotopic (exact) mass is 289 g/mol. The minimum Gasteiger partial charge on any atom is -0.409 e. The SMILES string of the molecule is CC(C)C(=O)Nc1ccc(C(N)=NO)c(C(F)(F)F)c1. The first kappa shape index (κ1) is 15.8. The fourth-order valence-corrected chi connectivity index (χ4v) is 1.42. The Bertz CT molecular complexity index is 539. The van der Waals surface area contributed by atoms with Gasteiger partial charge in [-0.2, -0.15) is 13.2 Å². The van der Waals surface area contributed by atoms with Crippen LogP contribution >= 0.6 is 0 Å². The predicted octanol–water partition coefficient (Wildman–Crippen LogP) is 2.39. The van der Waals surface area contributed by atoms with Crippen molar-refractivity contribution < 1.29 is 23.2 Å². The van der Waals surface area contributed by atoms with Crippen LogP contribution < -0.4 is 11.1 Å². The van der Waals surface area contributed by atoms with E-state index in [0.717, 1.165) is 12.1 Å². The van der Waals surface area contributed by atoms with Crippen LogP contribution in [0.4, 0.5) is 18.9 Å². The fourth-order valence-electron chi connectivity index (χ4n) is 1.42. The number of nitrogens with one attached hydrogen (secondary N) is 1. The second-order valence-electron chi connectivity index (χ2n) is 4.39. The smallest absolute Gasteiger partial charge is 0.409 e. The van der Waals surface area contributed by atoms with Gasteiger partial charge in [0.25, 0.3) is 0 Å². The first-order chi connectivity index (χ1) is 9.16. The summed E-state index contributed by atoms with van der Waals surface area (Å²) >= 11 is 0. The molecule has 0 fully saturated rings. The molecule has 0 unspecified atom stereocenters. The van der Waals surface area contributed by atoms with Gasteiger partial charge >= 0.3 is 6.18 Å². The van der Waals surface area contributed by atoms with Crippen LogP contribution in [0.3, 0.4) is 0 Å². The second-order valence-corrected chi connectivity index (χ2v) is 4.39. The van der Waals surface area contributed by atoms with Crippen LogP contribution in [0.2, 0.25) is 0 Å². The molecular formula is C12H14F3N3O2. The number of amides is 1. The van der Waals surface area contributed by atoms with Gasteiger partial charge in [0.1, 0.15) is 0 Å². The largest absolute Gasteiger partial charge is 0.417 e. The molecule has 0 bridgehead atoms. The standard InChI is InChI=1S/C12H14F3N3O2/c1-6(2)11(19)17-7-3-4-8(10(16)18-20)9(5-7)12(13,14)15/h3-6,20H,1-2H3,(H2,16,18)(H,17,19). The van der Waals surface area contributed by atoms with Crippen LogP contribution in [-0.2, 0) is 11.0 Å². The number of nitrogens with two attached hydrogens (primary N) is 1. The maximum atomic E-state index is 12.9. The van der Waals surface area contributed by atoms with Crippen molar-refractivity contribution in [3.63, 3.8) is 0 Å². The number of hydrogen-bond donors (Lipinski definition) is 3. The van der Waals surface area contributed by atoms with Gasteiger partial charge in [-0.05, 0) is 18.2 Å². The molecule has 1 rings (SSSR count). The molecule has 0 saturated heterocycles. The molecule has 1 amide bonds. The summed E-state index contributed by atoms with van der Waals surface area (Å²) in [6.45, 7) is 3.23. The first-order valence-electron chi connectivity index (χ1n) is 5.66. The molecule has 5 nitrogen and oxygen atoms in total. The van der Waals surface area contributed by atoms with Crippen molar-refractivity contribution in [1.82, 2.24) is 0 Å². The van der Waals surface area contributed by atoms with Gasteiger partial charge in [0.2, 0.25) is 5.91 Å². The lowest BCUT2D eigenvalue weighted by Gasteiger charge is -2.14. The Kier molecular flexibility index (Phi) is 4.59. The molecule has 4 N–H and O–H groups in total. The fraction of sp³-hybridized carbons (Fsp3) is 0.333. The molecule has 0 aliphatic rings. The van der Waals surface area contributed by atoms with Gasteiger partial charge in [0, 0.05) is 17.2 Å². The number of oxime groups is 1. The third-order valence-corrected chi connectivity index (χ3v) is 2.50.